The van der Waals surface area contributed by atoms with Gasteiger partial charge in [0.1, 0.15) is 11.5 Å². The normalized spacial score (nSPS) is 17.1. The van der Waals surface area contributed by atoms with Crippen molar-refractivity contribution < 1.29 is 14.3 Å². The molecule has 1 N–H and O–H groups in total. The molecule has 1 amide bonds. The number of rotatable bonds is 6. The summed E-state index contributed by atoms with van der Waals surface area (Å²) in [5.74, 6) is 0.897. The SMILES string of the molecule is COc1cc(NC(=O)CN2CCN(c3ccc(C)cc3)[C@@H](C)C2)c(OC)cc1Cl. The first kappa shape index (κ1) is 21.3. The fraction of sp³-hybridized carbons (Fsp3) is 0.409. The molecule has 2 aromatic rings. The van der Waals surface area contributed by atoms with Crippen LogP contribution in [-0.2, 0) is 4.79 Å². The lowest BCUT2D eigenvalue weighted by Gasteiger charge is -2.41. The Morgan fingerprint density at radius 2 is 1.83 bits per heavy atom. The average Bonchev–Trinajstić information content (AvgIpc) is 2.70. The number of methoxy groups -OCH3 is 2. The highest BCUT2D eigenvalue weighted by Crippen LogP contribution is 2.35. The molecule has 156 valence electrons. The number of piperazine rings is 1. The van der Waals surface area contributed by atoms with Crippen molar-refractivity contribution in [3.8, 4) is 11.5 Å². The maximum atomic E-state index is 12.6. The van der Waals surface area contributed by atoms with Gasteiger partial charge in [0.2, 0.25) is 5.91 Å². The molecule has 7 heteroatoms. The lowest BCUT2D eigenvalue weighted by Crippen LogP contribution is -2.53. The molecule has 1 aliphatic heterocycles. The van der Waals surface area contributed by atoms with E-state index in [2.05, 4.69) is 53.2 Å². The summed E-state index contributed by atoms with van der Waals surface area (Å²) >= 11 is 6.13. The van der Waals surface area contributed by atoms with Gasteiger partial charge < -0.3 is 19.7 Å². The molecule has 1 heterocycles. The third-order valence-corrected chi connectivity index (χ3v) is 5.49. The predicted molar refractivity (Wildman–Crippen MR) is 118 cm³/mol. The molecule has 3 rings (SSSR count). The summed E-state index contributed by atoms with van der Waals surface area (Å²) in [6, 6.07) is 12.2. The van der Waals surface area contributed by atoms with Crippen molar-refractivity contribution in [2.24, 2.45) is 0 Å². The first-order chi connectivity index (χ1) is 13.9. The van der Waals surface area contributed by atoms with Crippen LogP contribution in [0.3, 0.4) is 0 Å². The van der Waals surface area contributed by atoms with E-state index in [-0.39, 0.29) is 5.91 Å². The van der Waals surface area contributed by atoms with Gasteiger partial charge in [-0.2, -0.15) is 0 Å². The molecule has 0 saturated carbocycles. The third-order valence-electron chi connectivity index (χ3n) is 5.19. The Labute approximate surface area is 177 Å². The summed E-state index contributed by atoms with van der Waals surface area (Å²) < 4.78 is 10.6. The van der Waals surface area contributed by atoms with Gasteiger partial charge in [-0.1, -0.05) is 29.3 Å². The first-order valence-corrected chi connectivity index (χ1v) is 10.1. The molecule has 0 aromatic heterocycles. The molecular weight excluding hydrogens is 390 g/mol. The zero-order valence-electron chi connectivity index (χ0n) is 17.4. The molecule has 1 aliphatic rings. The third kappa shape index (κ3) is 5.14. The Hall–Kier alpha value is -2.44. The van der Waals surface area contributed by atoms with Gasteiger partial charge in [-0.05, 0) is 26.0 Å². The Kier molecular flexibility index (Phi) is 6.87. The average molecular weight is 418 g/mol. The fourth-order valence-corrected chi connectivity index (χ4v) is 3.88. The number of carbonyl (C=O) groups is 1. The number of benzene rings is 2. The quantitative estimate of drug-likeness (QED) is 0.774. The van der Waals surface area contributed by atoms with Crippen molar-refractivity contribution in [2.45, 2.75) is 19.9 Å². The summed E-state index contributed by atoms with van der Waals surface area (Å²) in [4.78, 5) is 17.2. The number of hydrogen-bond donors (Lipinski definition) is 1. The molecule has 0 radical (unpaired) electrons. The van der Waals surface area contributed by atoms with E-state index in [1.54, 1.807) is 19.2 Å². The Bertz CT molecular complexity index is 857. The highest BCUT2D eigenvalue weighted by Gasteiger charge is 2.25. The van der Waals surface area contributed by atoms with E-state index in [1.807, 2.05) is 0 Å². The highest BCUT2D eigenvalue weighted by molar-refractivity contribution is 6.32. The van der Waals surface area contributed by atoms with Crippen LogP contribution in [0.1, 0.15) is 12.5 Å². The van der Waals surface area contributed by atoms with E-state index in [0.29, 0.717) is 34.8 Å². The van der Waals surface area contributed by atoms with E-state index in [1.165, 1.54) is 18.4 Å². The van der Waals surface area contributed by atoms with E-state index in [0.717, 1.165) is 19.6 Å². The molecule has 1 fully saturated rings. The number of anilines is 2. The van der Waals surface area contributed by atoms with E-state index in [9.17, 15) is 4.79 Å². The number of halogens is 1. The maximum absolute atomic E-state index is 12.6. The summed E-state index contributed by atoms with van der Waals surface area (Å²) in [7, 11) is 3.08. The van der Waals surface area contributed by atoms with Crippen molar-refractivity contribution >= 4 is 28.9 Å². The number of amides is 1. The smallest absolute Gasteiger partial charge is 0.238 e. The number of aryl methyl sites for hydroxylation is 1. The minimum absolute atomic E-state index is 0.0938. The van der Waals surface area contributed by atoms with Crippen LogP contribution in [0.2, 0.25) is 5.02 Å². The van der Waals surface area contributed by atoms with E-state index >= 15 is 0 Å². The van der Waals surface area contributed by atoms with Gasteiger partial charge in [0.25, 0.3) is 0 Å². The van der Waals surface area contributed by atoms with Crippen molar-refractivity contribution in [3.63, 3.8) is 0 Å². The summed E-state index contributed by atoms with van der Waals surface area (Å²) in [5.41, 5.74) is 3.03. The molecule has 29 heavy (non-hydrogen) atoms. The van der Waals surface area contributed by atoms with Gasteiger partial charge in [0, 0.05) is 43.5 Å². The second-order valence-electron chi connectivity index (χ2n) is 7.35. The van der Waals surface area contributed by atoms with Crippen LogP contribution in [-0.4, -0.2) is 57.2 Å². The molecule has 1 atom stereocenters. The lowest BCUT2D eigenvalue weighted by molar-refractivity contribution is -0.117. The standard InChI is InChI=1S/C22H28ClN3O3/c1-15-5-7-17(8-6-15)26-10-9-25(13-16(26)2)14-22(27)24-19-12-20(28-3)18(23)11-21(19)29-4/h5-8,11-12,16H,9-10,13-14H2,1-4H3,(H,24,27)/t16-/m0/s1. The molecular formula is C22H28ClN3O3. The minimum Gasteiger partial charge on any atom is -0.495 e. The minimum atomic E-state index is -0.0938. The summed E-state index contributed by atoms with van der Waals surface area (Å²) in [6.45, 7) is 7.14. The number of nitrogens with one attached hydrogen (secondary N) is 1. The van der Waals surface area contributed by atoms with Crippen LogP contribution in [0.15, 0.2) is 36.4 Å². The van der Waals surface area contributed by atoms with Gasteiger partial charge >= 0.3 is 0 Å². The molecule has 0 bridgehead atoms. The van der Waals surface area contributed by atoms with E-state index in [4.69, 9.17) is 21.1 Å². The highest BCUT2D eigenvalue weighted by atomic mass is 35.5. The zero-order valence-corrected chi connectivity index (χ0v) is 18.1. The van der Waals surface area contributed by atoms with Crippen LogP contribution >= 0.6 is 11.6 Å². The van der Waals surface area contributed by atoms with Gasteiger partial charge in [-0.25, -0.2) is 0 Å². The van der Waals surface area contributed by atoms with Crippen LogP contribution in [0.5, 0.6) is 11.5 Å². The van der Waals surface area contributed by atoms with Gasteiger partial charge in [0.15, 0.2) is 0 Å². The fourth-order valence-electron chi connectivity index (χ4n) is 3.65. The molecule has 1 saturated heterocycles. The number of carbonyl (C=O) groups excluding carboxylic acids is 1. The number of ether oxygens (including phenoxy) is 2. The molecule has 2 aromatic carbocycles. The Morgan fingerprint density at radius 3 is 2.45 bits per heavy atom. The molecule has 6 nitrogen and oxygen atoms in total. The second kappa shape index (κ2) is 9.37. The first-order valence-electron chi connectivity index (χ1n) is 9.68. The Morgan fingerprint density at radius 1 is 1.14 bits per heavy atom. The lowest BCUT2D eigenvalue weighted by atomic mass is 10.1. The van der Waals surface area contributed by atoms with Crippen molar-refractivity contribution in [1.29, 1.82) is 0 Å². The van der Waals surface area contributed by atoms with Crippen LogP contribution in [0.4, 0.5) is 11.4 Å². The van der Waals surface area contributed by atoms with Gasteiger partial charge in [-0.3, -0.25) is 9.69 Å². The van der Waals surface area contributed by atoms with Crippen LogP contribution in [0.25, 0.3) is 0 Å². The van der Waals surface area contributed by atoms with Crippen LogP contribution in [0, 0.1) is 6.92 Å². The number of hydrogen-bond acceptors (Lipinski definition) is 5. The topological polar surface area (TPSA) is 54.0 Å². The van der Waals surface area contributed by atoms with Crippen molar-refractivity contribution in [2.75, 3.05) is 50.6 Å². The molecule has 0 spiro atoms. The molecule has 0 unspecified atom stereocenters. The predicted octanol–water partition coefficient (Wildman–Crippen LogP) is 3.81. The largest absolute Gasteiger partial charge is 0.495 e. The van der Waals surface area contributed by atoms with Crippen molar-refractivity contribution in [3.05, 3.63) is 47.0 Å². The number of nitrogens with zero attached hydrogens (tertiary/aromatic N) is 2. The summed E-state index contributed by atoms with van der Waals surface area (Å²) in [5, 5.41) is 3.35. The summed E-state index contributed by atoms with van der Waals surface area (Å²) in [6.07, 6.45) is 0. The van der Waals surface area contributed by atoms with Gasteiger partial charge in [0.05, 0.1) is 31.5 Å². The van der Waals surface area contributed by atoms with Gasteiger partial charge in [-0.15, -0.1) is 0 Å². The second-order valence-corrected chi connectivity index (χ2v) is 7.76. The zero-order chi connectivity index (χ0) is 21.0. The van der Waals surface area contributed by atoms with Crippen molar-refractivity contribution in [1.82, 2.24) is 4.90 Å². The Balaban J connectivity index is 1.60. The van der Waals surface area contributed by atoms with E-state index < -0.39 is 0 Å². The molecule has 0 aliphatic carbocycles. The monoisotopic (exact) mass is 417 g/mol. The maximum Gasteiger partial charge on any atom is 0.238 e. The van der Waals surface area contributed by atoms with Crippen LogP contribution < -0.4 is 19.7 Å².